The van der Waals surface area contributed by atoms with E-state index in [0.717, 1.165) is 42.8 Å². The fourth-order valence-electron chi connectivity index (χ4n) is 7.77. The summed E-state index contributed by atoms with van der Waals surface area (Å²) < 4.78 is 186. The predicted molar refractivity (Wildman–Crippen MR) is 237 cm³/mol. The molecule has 406 valence electrons. The zero-order valence-corrected chi connectivity index (χ0v) is 38.8. The molecule has 2 fully saturated rings. The van der Waals surface area contributed by atoms with Crippen LogP contribution in [0.2, 0.25) is 0 Å². The van der Waals surface area contributed by atoms with E-state index >= 15 is 0 Å². The standard InChI is InChI=1S/C20H22F5N7O.C18H20F3N7O.C3H3F5O3S/c21-15(22)10-31-8-13(18(26)30-31)19(33)28-12-6-4-11(5-7-12)27-16-2-1-3-17-29-14(9-32(16)17)20(23,24)25;19-18(20,21)13-9-28-14(2-1-3-15(28)26-13)24-10-4-6-11(7-5-10)25-17(29)12-8-23-27-16(12)22;4-2(5)1-11-12(9,10)3(6,7)8/h1-3,8-9,11-12,15,27H,4-7,10H2,(H2,26,30)(H,28,33);1-3,8-11,24H,4-7H2,(H,25,29)(H3,22,23,27);2H,1H2. The largest absolute Gasteiger partial charge is 0.523 e. The third kappa shape index (κ3) is 14.8. The number of carbonyl (C=O) groups excluding carboxylic acids is 2. The second kappa shape index (κ2) is 23.0. The van der Waals surface area contributed by atoms with E-state index in [9.17, 15) is 75.1 Å². The summed E-state index contributed by atoms with van der Waals surface area (Å²) in [6, 6.07) is 9.71. The van der Waals surface area contributed by atoms with Crippen molar-refractivity contribution in [2.75, 3.05) is 28.7 Å². The van der Waals surface area contributed by atoms with Gasteiger partial charge in [0.05, 0.1) is 6.20 Å². The monoisotopic (exact) mass is 1090 g/mol. The maximum absolute atomic E-state index is 13.0. The Balaban J connectivity index is 0.000000199. The molecule has 19 nitrogen and oxygen atoms in total. The van der Waals surface area contributed by atoms with Crippen molar-refractivity contribution >= 4 is 56.5 Å². The Morgan fingerprint density at radius 1 is 0.676 bits per heavy atom. The number of nitrogens with zero attached hydrogens (tertiary/aromatic N) is 7. The molecule has 74 heavy (non-hydrogen) atoms. The lowest BCUT2D eigenvalue weighted by Crippen LogP contribution is -2.40. The number of carbonyl (C=O) groups is 2. The van der Waals surface area contributed by atoms with Gasteiger partial charge in [0.1, 0.15) is 53.0 Å². The smallest absolute Gasteiger partial charge is 0.383 e. The van der Waals surface area contributed by atoms with Crippen LogP contribution >= 0.6 is 0 Å². The van der Waals surface area contributed by atoms with Crippen molar-refractivity contribution < 1.29 is 79.3 Å². The molecule has 6 aromatic heterocycles. The maximum atomic E-state index is 13.0. The number of hydrogen-bond donors (Lipinski definition) is 7. The van der Waals surface area contributed by atoms with Gasteiger partial charge in [0, 0.05) is 42.8 Å². The normalized spacial score (nSPS) is 18.6. The molecule has 0 saturated heterocycles. The summed E-state index contributed by atoms with van der Waals surface area (Å²) in [4.78, 5) is 32.0. The van der Waals surface area contributed by atoms with Crippen molar-refractivity contribution in [2.45, 2.75) is 113 Å². The number of pyridine rings is 2. The lowest BCUT2D eigenvalue weighted by molar-refractivity contribution is -0.141. The van der Waals surface area contributed by atoms with Gasteiger partial charge in [-0.1, -0.05) is 12.1 Å². The first-order chi connectivity index (χ1) is 34.6. The Hall–Kier alpha value is -7.06. The fourth-order valence-corrected chi connectivity index (χ4v) is 8.19. The molecule has 9 N–H and O–H groups in total. The Labute approximate surface area is 409 Å². The third-order valence-corrected chi connectivity index (χ3v) is 12.3. The van der Waals surface area contributed by atoms with Crippen LogP contribution in [-0.2, 0) is 33.2 Å². The number of amides is 2. The molecule has 2 aliphatic carbocycles. The van der Waals surface area contributed by atoms with E-state index in [-0.39, 0.29) is 58.6 Å². The highest BCUT2D eigenvalue weighted by atomic mass is 32.2. The number of H-pyrrole nitrogens is 1. The van der Waals surface area contributed by atoms with Crippen molar-refractivity contribution in [1.82, 2.24) is 49.4 Å². The number of anilines is 4. The molecule has 0 aliphatic heterocycles. The van der Waals surface area contributed by atoms with Gasteiger partial charge < -0.3 is 32.7 Å². The summed E-state index contributed by atoms with van der Waals surface area (Å²) in [7, 11) is -5.87. The quantitative estimate of drug-likeness (QED) is 0.0337. The first kappa shape index (κ1) is 56.2. The van der Waals surface area contributed by atoms with Gasteiger partial charge in [-0.15, -0.1) is 0 Å². The highest BCUT2D eigenvalue weighted by Crippen LogP contribution is 2.32. The highest BCUT2D eigenvalue weighted by Gasteiger charge is 2.47. The first-order valence-corrected chi connectivity index (χ1v) is 23.4. The molecule has 33 heteroatoms. The molecule has 2 saturated carbocycles. The molecule has 2 amide bonds. The molecule has 0 bridgehead atoms. The zero-order valence-electron chi connectivity index (χ0n) is 38.0. The number of aromatic amines is 1. The number of nitrogens with two attached hydrogens (primary N) is 2. The summed E-state index contributed by atoms with van der Waals surface area (Å²) in [5.41, 5.74) is 4.60. The lowest BCUT2D eigenvalue weighted by Gasteiger charge is -2.30. The van der Waals surface area contributed by atoms with E-state index < -0.39 is 71.3 Å². The lowest BCUT2D eigenvalue weighted by atomic mass is 9.91. The molecule has 0 spiro atoms. The van der Waals surface area contributed by atoms with Gasteiger partial charge in [-0.2, -0.15) is 58.1 Å². The van der Waals surface area contributed by atoms with E-state index in [2.05, 4.69) is 50.7 Å². The van der Waals surface area contributed by atoms with Gasteiger partial charge in [-0.05, 0) is 75.6 Å². The van der Waals surface area contributed by atoms with Crippen LogP contribution in [0.1, 0.15) is 83.5 Å². The van der Waals surface area contributed by atoms with Crippen molar-refractivity contribution in [3.05, 3.63) is 83.7 Å². The van der Waals surface area contributed by atoms with Crippen LogP contribution in [0.3, 0.4) is 0 Å². The zero-order chi connectivity index (χ0) is 54.3. The number of hydrogen-bond acceptors (Lipinski definition) is 13. The molecule has 0 radical (unpaired) electrons. The number of nitrogens with one attached hydrogen (secondary N) is 5. The fraction of sp³-hybridized carbons (Fsp3) is 0.463. The van der Waals surface area contributed by atoms with Crippen LogP contribution in [0.25, 0.3) is 11.3 Å². The Morgan fingerprint density at radius 2 is 1.12 bits per heavy atom. The molecule has 6 heterocycles. The molecular formula is C41H45F13N14O5S. The van der Waals surface area contributed by atoms with Gasteiger partial charge in [0.25, 0.3) is 24.7 Å². The van der Waals surface area contributed by atoms with Crippen LogP contribution in [0.5, 0.6) is 0 Å². The Bertz CT molecular complexity index is 2960. The summed E-state index contributed by atoms with van der Waals surface area (Å²) in [6.45, 7) is -2.44. The van der Waals surface area contributed by atoms with Gasteiger partial charge in [-0.25, -0.2) is 27.5 Å². The average molecular weight is 1090 g/mol. The minimum Gasteiger partial charge on any atom is -0.383 e. The number of fused-ring (bicyclic) bond motifs is 2. The number of imidazole rings is 2. The summed E-state index contributed by atoms with van der Waals surface area (Å²) in [6.07, 6.45) is -4.73. The van der Waals surface area contributed by atoms with Gasteiger partial charge >= 0.3 is 28.0 Å². The van der Waals surface area contributed by atoms with Crippen LogP contribution in [0.4, 0.5) is 80.3 Å². The molecule has 0 aromatic carbocycles. The topological polar surface area (TPSA) is 259 Å². The van der Waals surface area contributed by atoms with E-state index in [0.29, 0.717) is 42.9 Å². The van der Waals surface area contributed by atoms with Crippen molar-refractivity contribution in [2.24, 2.45) is 0 Å². The molecule has 2 aliphatic rings. The molecular weight excluding hydrogens is 1050 g/mol. The first-order valence-electron chi connectivity index (χ1n) is 22.0. The minimum atomic E-state index is -5.87. The van der Waals surface area contributed by atoms with Gasteiger partial charge in [0.2, 0.25) is 0 Å². The van der Waals surface area contributed by atoms with E-state index in [1.54, 1.807) is 24.3 Å². The second-order valence-electron chi connectivity index (χ2n) is 16.7. The maximum Gasteiger partial charge on any atom is 0.523 e. The summed E-state index contributed by atoms with van der Waals surface area (Å²) in [5.74, 6) is 0.425. The number of halogens is 13. The van der Waals surface area contributed by atoms with E-state index in [1.165, 1.54) is 33.3 Å². The van der Waals surface area contributed by atoms with Crippen molar-refractivity contribution in [3.8, 4) is 0 Å². The molecule has 8 rings (SSSR count). The van der Waals surface area contributed by atoms with Crippen LogP contribution in [0.15, 0.2) is 61.2 Å². The van der Waals surface area contributed by atoms with Crippen LogP contribution < -0.4 is 32.7 Å². The highest BCUT2D eigenvalue weighted by molar-refractivity contribution is 7.87. The van der Waals surface area contributed by atoms with Gasteiger partial charge in [-0.3, -0.25) is 32.4 Å². The number of nitrogen functional groups attached to an aromatic ring is 2. The number of alkyl halides is 13. The number of rotatable bonds is 13. The Kier molecular flexibility index (Phi) is 17.5. The SMILES string of the molecule is Nc1[nH]ncc1C(=O)NC1CCC(Nc2cccc3nc(C(F)(F)F)cn23)CC1.Nc1nn(CC(F)F)cc1C(=O)NC1CCC(Nc2cccc3nc(C(F)(F)F)cn23)CC1.O=S(=O)(OCC(F)F)C(F)(F)F. The van der Waals surface area contributed by atoms with Crippen LogP contribution in [-0.4, -0.2) is 108 Å². The summed E-state index contributed by atoms with van der Waals surface area (Å²) >= 11 is 0. The Morgan fingerprint density at radius 3 is 1.51 bits per heavy atom. The average Bonchev–Trinajstić information content (AvgIpc) is 4.13. The summed E-state index contributed by atoms with van der Waals surface area (Å²) in [5, 5.41) is 22.4. The molecule has 0 unspecified atom stereocenters. The van der Waals surface area contributed by atoms with Crippen LogP contribution in [0, 0.1) is 0 Å². The molecule has 0 atom stereocenters. The van der Waals surface area contributed by atoms with Gasteiger partial charge in [0.15, 0.2) is 17.2 Å². The van der Waals surface area contributed by atoms with E-state index in [1.807, 2.05) is 0 Å². The van der Waals surface area contributed by atoms with Crippen molar-refractivity contribution in [3.63, 3.8) is 0 Å². The molecule has 6 aromatic rings. The number of aromatic nitrogens is 8. The predicted octanol–water partition coefficient (Wildman–Crippen LogP) is 7.48. The van der Waals surface area contributed by atoms with E-state index in [4.69, 9.17) is 11.5 Å². The second-order valence-corrected chi connectivity index (χ2v) is 18.3. The van der Waals surface area contributed by atoms with Crippen molar-refractivity contribution in [1.29, 1.82) is 0 Å². The third-order valence-electron chi connectivity index (χ3n) is 11.3. The minimum absolute atomic E-state index is 0.000602.